The van der Waals surface area contributed by atoms with E-state index >= 15 is 0 Å². The van der Waals surface area contributed by atoms with Crippen molar-refractivity contribution in [1.82, 2.24) is 4.98 Å². The normalized spacial score (nSPS) is 10.8. The molecule has 0 atom stereocenters. The van der Waals surface area contributed by atoms with Crippen molar-refractivity contribution < 1.29 is 9.21 Å². The quantitative estimate of drug-likeness (QED) is 0.499. The highest BCUT2D eigenvalue weighted by molar-refractivity contribution is 9.10. The first-order valence-electron chi connectivity index (χ1n) is 7.72. The van der Waals surface area contributed by atoms with Crippen LogP contribution in [0, 0.1) is 0 Å². The minimum absolute atomic E-state index is 0.184. The molecule has 1 amide bonds. The van der Waals surface area contributed by atoms with Gasteiger partial charge >= 0.3 is 0 Å². The molecular formula is C20H13BrN2O2. The molecule has 1 aromatic heterocycles. The minimum Gasteiger partial charge on any atom is -0.436 e. The Kier molecular flexibility index (Phi) is 4.07. The number of hydrogen-bond donors (Lipinski definition) is 1. The van der Waals surface area contributed by atoms with Gasteiger partial charge in [0.15, 0.2) is 5.58 Å². The van der Waals surface area contributed by atoms with E-state index < -0.39 is 0 Å². The van der Waals surface area contributed by atoms with Crippen LogP contribution in [0.5, 0.6) is 0 Å². The van der Waals surface area contributed by atoms with Crippen LogP contribution in [0.4, 0.5) is 5.69 Å². The summed E-state index contributed by atoms with van der Waals surface area (Å²) in [5.74, 6) is 0.295. The molecule has 0 fully saturated rings. The van der Waals surface area contributed by atoms with Crippen molar-refractivity contribution in [1.29, 1.82) is 0 Å². The minimum atomic E-state index is -0.184. The molecule has 4 rings (SSSR count). The molecule has 122 valence electrons. The second-order valence-corrected chi connectivity index (χ2v) is 6.41. The van der Waals surface area contributed by atoms with Crippen molar-refractivity contribution >= 4 is 38.6 Å². The topological polar surface area (TPSA) is 55.1 Å². The number of halogens is 1. The lowest BCUT2D eigenvalue weighted by atomic mass is 10.1. The molecule has 0 saturated heterocycles. The summed E-state index contributed by atoms with van der Waals surface area (Å²) < 4.78 is 6.76. The molecule has 0 aliphatic rings. The molecule has 4 aromatic rings. The summed E-state index contributed by atoms with van der Waals surface area (Å²) in [5, 5.41) is 2.93. The zero-order chi connectivity index (χ0) is 17.2. The van der Waals surface area contributed by atoms with Gasteiger partial charge in [-0.25, -0.2) is 4.98 Å². The van der Waals surface area contributed by atoms with Gasteiger partial charge in [-0.2, -0.15) is 0 Å². The van der Waals surface area contributed by atoms with Gasteiger partial charge in [0.2, 0.25) is 5.89 Å². The fraction of sp³-hybridized carbons (Fsp3) is 0. The summed E-state index contributed by atoms with van der Waals surface area (Å²) in [6.45, 7) is 0. The van der Waals surface area contributed by atoms with Gasteiger partial charge in [-0.1, -0.05) is 40.2 Å². The molecule has 0 saturated carbocycles. The van der Waals surface area contributed by atoms with E-state index in [4.69, 9.17) is 4.42 Å². The van der Waals surface area contributed by atoms with E-state index in [2.05, 4.69) is 26.2 Å². The van der Waals surface area contributed by atoms with Crippen LogP contribution in [0.25, 0.3) is 22.6 Å². The van der Waals surface area contributed by atoms with E-state index in [0.717, 1.165) is 15.6 Å². The van der Waals surface area contributed by atoms with Crippen LogP contribution in [0.3, 0.4) is 0 Å². The maximum absolute atomic E-state index is 12.5. The van der Waals surface area contributed by atoms with Gasteiger partial charge in [0.1, 0.15) is 5.52 Å². The molecular weight excluding hydrogens is 380 g/mol. The summed E-state index contributed by atoms with van der Waals surface area (Å²) in [6.07, 6.45) is 0. The number of anilines is 1. The van der Waals surface area contributed by atoms with Crippen molar-refractivity contribution in [3.8, 4) is 11.5 Å². The molecule has 0 bridgehead atoms. The summed E-state index contributed by atoms with van der Waals surface area (Å²) in [4.78, 5) is 17.0. The van der Waals surface area contributed by atoms with Gasteiger partial charge < -0.3 is 9.73 Å². The lowest BCUT2D eigenvalue weighted by Crippen LogP contribution is -2.12. The first-order valence-corrected chi connectivity index (χ1v) is 8.52. The number of carbonyl (C=O) groups excluding carboxylic acids is 1. The summed E-state index contributed by atoms with van der Waals surface area (Å²) in [5.41, 5.74) is 3.47. The van der Waals surface area contributed by atoms with Crippen LogP contribution in [0.1, 0.15) is 10.4 Å². The van der Waals surface area contributed by atoms with Crippen LogP contribution in [0.2, 0.25) is 0 Å². The maximum atomic E-state index is 12.5. The first kappa shape index (κ1) is 15.6. The predicted octanol–water partition coefficient (Wildman–Crippen LogP) is 5.51. The summed E-state index contributed by atoms with van der Waals surface area (Å²) >= 11 is 3.37. The summed E-state index contributed by atoms with van der Waals surface area (Å²) in [7, 11) is 0. The number of fused-ring (bicyclic) bond motifs is 1. The Labute approximate surface area is 152 Å². The Balaban J connectivity index is 1.69. The largest absolute Gasteiger partial charge is 0.436 e. The average Bonchev–Trinajstić information content (AvgIpc) is 3.06. The van der Waals surface area contributed by atoms with Gasteiger partial charge in [0, 0.05) is 10.0 Å². The molecule has 0 spiro atoms. The standard InChI is InChI=1S/C20H13BrN2O2/c21-14-11-9-13(10-12-14)19(24)22-16-6-2-1-5-15(16)20-23-17-7-3-4-8-18(17)25-20/h1-12H,(H,22,24). The Hall–Kier alpha value is -2.92. The number of aromatic nitrogens is 1. The van der Waals surface area contributed by atoms with Crippen molar-refractivity contribution in [3.05, 3.63) is 82.8 Å². The van der Waals surface area contributed by atoms with Gasteiger partial charge in [-0.05, 0) is 48.5 Å². The number of nitrogens with zero attached hydrogens (tertiary/aromatic N) is 1. The Morgan fingerprint density at radius 3 is 2.44 bits per heavy atom. The maximum Gasteiger partial charge on any atom is 0.255 e. The number of rotatable bonds is 3. The predicted molar refractivity (Wildman–Crippen MR) is 102 cm³/mol. The van der Waals surface area contributed by atoms with Crippen molar-refractivity contribution in [2.45, 2.75) is 0 Å². The molecule has 4 nitrogen and oxygen atoms in total. The third-order valence-corrected chi connectivity index (χ3v) is 4.33. The van der Waals surface area contributed by atoms with E-state index in [0.29, 0.717) is 22.7 Å². The molecule has 1 N–H and O–H groups in total. The smallest absolute Gasteiger partial charge is 0.255 e. The zero-order valence-corrected chi connectivity index (χ0v) is 14.7. The van der Waals surface area contributed by atoms with Crippen LogP contribution >= 0.6 is 15.9 Å². The van der Waals surface area contributed by atoms with E-state index in [1.54, 1.807) is 12.1 Å². The van der Waals surface area contributed by atoms with Gasteiger partial charge in [0.25, 0.3) is 5.91 Å². The molecule has 5 heteroatoms. The highest BCUT2D eigenvalue weighted by Gasteiger charge is 2.14. The molecule has 1 heterocycles. The van der Waals surface area contributed by atoms with Crippen molar-refractivity contribution in [2.75, 3.05) is 5.32 Å². The van der Waals surface area contributed by atoms with E-state index in [-0.39, 0.29) is 5.91 Å². The van der Waals surface area contributed by atoms with Crippen LogP contribution in [-0.4, -0.2) is 10.9 Å². The molecule has 0 aliphatic heterocycles. The lowest BCUT2D eigenvalue weighted by Gasteiger charge is -2.09. The van der Waals surface area contributed by atoms with Crippen LogP contribution in [-0.2, 0) is 0 Å². The fourth-order valence-corrected chi connectivity index (χ4v) is 2.83. The van der Waals surface area contributed by atoms with Crippen LogP contribution in [0.15, 0.2) is 81.7 Å². The number of oxazole rings is 1. The lowest BCUT2D eigenvalue weighted by molar-refractivity contribution is 0.102. The van der Waals surface area contributed by atoms with Gasteiger partial charge in [-0.15, -0.1) is 0 Å². The molecule has 25 heavy (non-hydrogen) atoms. The van der Waals surface area contributed by atoms with E-state index in [1.807, 2.05) is 60.7 Å². The van der Waals surface area contributed by atoms with Crippen molar-refractivity contribution in [3.63, 3.8) is 0 Å². The Bertz CT molecular complexity index is 1020. The fourth-order valence-electron chi connectivity index (χ4n) is 2.56. The number of nitrogens with one attached hydrogen (secondary N) is 1. The monoisotopic (exact) mass is 392 g/mol. The highest BCUT2D eigenvalue weighted by atomic mass is 79.9. The number of carbonyl (C=O) groups is 1. The summed E-state index contributed by atoms with van der Waals surface area (Å²) in [6, 6.07) is 22.2. The third-order valence-electron chi connectivity index (χ3n) is 3.81. The zero-order valence-electron chi connectivity index (χ0n) is 13.1. The number of amides is 1. The average molecular weight is 393 g/mol. The van der Waals surface area contributed by atoms with Gasteiger partial charge in [0.05, 0.1) is 11.3 Å². The number of para-hydroxylation sites is 3. The molecule has 0 unspecified atom stereocenters. The SMILES string of the molecule is O=C(Nc1ccccc1-c1nc2ccccc2o1)c1ccc(Br)cc1. The number of benzene rings is 3. The molecule has 0 radical (unpaired) electrons. The highest BCUT2D eigenvalue weighted by Crippen LogP contribution is 2.30. The Morgan fingerprint density at radius 2 is 1.64 bits per heavy atom. The Morgan fingerprint density at radius 1 is 0.920 bits per heavy atom. The van der Waals surface area contributed by atoms with Crippen molar-refractivity contribution in [2.24, 2.45) is 0 Å². The number of hydrogen-bond acceptors (Lipinski definition) is 3. The first-order chi connectivity index (χ1) is 12.2. The van der Waals surface area contributed by atoms with E-state index in [9.17, 15) is 4.79 Å². The second kappa shape index (κ2) is 6.53. The van der Waals surface area contributed by atoms with Gasteiger partial charge in [-0.3, -0.25) is 4.79 Å². The third kappa shape index (κ3) is 3.19. The van der Waals surface area contributed by atoms with E-state index in [1.165, 1.54) is 0 Å². The van der Waals surface area contributed by atoms with Crippen LogP contribution < -0.4 is 5.32 Å². The molecule has 0 aliphatic carbocycles. The second-order valence-electron chi connectivity index (χ2n) is 5.49. The molecule has 3 aromatic carbocycles.